The summed E-state index contributed by atoms with van der Waals surface area (Å²) in [6.07, 6.45) is 2.95. The Hall–Kier alpha value is -1.59. The van der Waals surface area contributed by atoms with Gasteiger partial charge in [-0.2, -0.15) is 4.98 Å². The van der Waals surface area contributed by atoms with Gasteiger partial charge in [0.15, 0.2) is 0 Å². The lowest BCUT2D eigenvalue weighted by Gasteiger charge is -2.30. The Kier molecular flexibility index (Phi) is 4.41. The quantitative estimate of drug-likeness (QED) is 0.908. The van der Waals surface area contributed by atoms with Crippen molar-refractivity contribution in [1.82, 2.24) is 15.2 Å². The van der Waals surface area contributed by atoms with Crippen molar-refractivity contribution in [2.24, 2.45) is 11.7 Å². The van der Waals surface area contributed by atoms with E-state index in [1.54, 1.807) is 0 Å². The van der Waals surface area contributed by atoms with E-state index in [9.17, 15) is 0 Å². The molecule has 0 unspecified atom stereocenters. The topological polar surface area (TPSA) is 70.8 Å². The van der Waals surface area contributed by atoms with Crippen LogP contribution in [0.3, 0.4) is 0 Å². The van der Waals surface area contributed by atoms with Crippen molar-refractivity contribution in [3.63, 3.8) is 0 Å². The highest BCUT2D eigenvalue weighted by atomic mass is 35.5. The van der Waals surface area contributed by atoms with E-state index in [1.807, 2.05) is 24.3 Å². The first-order valence-electron chi connectivity index (χ1n) is 7.35. The largest absolute Gasteiger partial charge is 0.340 e. The highest BCUT2D eigenvalue weighted by Gasteiger charge is 2.20. The number of aromatic amines is 1. The van der Waals surface area contributed by atoms with E-state index in [4.69, 9.17) is 17.3 Å². The van der Waals surface area contributed by atoms with Crippen LogP contribution >= 0.6 is 11.6 Å². The number of nitrogens with zero attached hydrogens (tertiary/aromatic N) is 3. The van der Waals surface area contributed by atoms with Gasteiger partial charge in [0.2, 0.25) is 5.95 Å². The summed E-state index contributed by atoms with van der Waals surface area (Å²) < 4.78 is 0. The minimum atomic E-state index is 0.645. The van der Waals surface area contributed by atoms with Crippen LogP contribution in [0.2, 0.25) is 5.02 Å². The number of benzene rings is 1. The van der Waals surface area contributed by atoms with E-state index in [1.165, 1.54) is 0 Å². The summed E-state index contributed by atoms with van der Waals surface area (Å²) in [5, 5.41) is 8.11. The van der Waals surface area contributed by atoms with Gasteiger partial charge in [-0.25, -0.2) is 0 Å². The van der Waals surface area contributed by atoms with E-state index in [0.717, 1.165) is 54.8 Å². The van der Waals surface area contributed by atoms with E-state index in [-0.39, 0.29) is 0 Å². The van der Waals surface area contributed by atoms with Gasteiger partial charge in [0.05, 0.1) is 0 Å². The third-order valence-electron chi connectivity index (χ3n) is 4.01. The summed E-state index contributed by atoms with van der Waals surface area (Å²) in [4.78, 5) is 6.82. The lowest BCUT2D eigenvalue weighted by Crippen LogP contribution is -2.36. The normalized spacial score (nSPS) is 16.4. The molecule has 2 aromatic rings. The first-order valence-corrected chi connectivity index (χ1v) is 7.73. The molecule has 0 spiro atoms. The molecule has 1 aliphatic rings. The summed E-state index contributed by atoms with van der Waals surface area (Å²) in [6, 6.07) is 7.82. The minimum Gasteiger partial charge on any atom is -0.340 e. The molecule has 1 fully saturated rings. The van der Waals surface area contributed by atoms with Gasteiger partial charge in [0.25, 0.3) is 0 Å². The zero-order valence-electron chi connectivity index (χ0n) is 11.9. The van der Waals surface area contributed by atoms with Crippen molar-refractivity contribution in [2.75, 3.05) is 24.5 Å². The fourth-order valence-corrected chi connectivity index (χ4v) is 2.93. The Morgan fingerprint density at radius 1 is 1.33 bits per heavy atom. The SMILES string of the molecule is NCC1CCN(c2n[nH]c(Cc3cccc(Cl)c3)n2)CC1. The summed E-state index contributed by atoms with van der Waals surface area (Å²) in [6.45, 7) is 2.74. The lowest BCUT2D eigenvalue weighted by molar-refractivity contribution is 0.411. The molecule has 5 nitrogen and oxygen atoms in total. The number of rotatable bonds is 4. The fraction of sp³-hybridized carbons (Fsp3) is 0.467. The van der Waals surface area contributed by atoms with Crippen molar-refractivity contribution in [2.45, 2.75) is 19.3 Å². The van der Waals surface area contributed by atoms with E-state index >= 15 is 0 Å². The van der Waals surface area contributed by atoms with Crippen molar-refractivity contribution >= 4 is 17.5 Å². The first kappa shape index (κ1) is 14.4. The Balaban J connectivity index is 1.64. The third-order valence-corrected chi connectivity index (χ3v) is 4.25. The second-order valence-electron chi connectivity index (χ2n) is 5.55. The molecular formula is C15H20ClN5. The van der Waals surface area contributed by atoms with E-state index in [2.05, 4.69) is 20.1 Å². The predicted octanol–water partition coefficient (Wildman–Crippen LogP) is 2.22. The van der Waals surface area contributed by atoms with Crippen LogP contribution < -0.4 is 10.6 Å². The van der Waals surface area contributed by atoms with Gasteiger partial charge < -0.3 is 10.6 Å². The zero-order valence-corrected chi connectivity index (χ0v) is 12.7. The first-order chi connectivity index (χ1) is 10.2. The monoisotopic (exact) mass is 305 g/mol. The van der Waals surface area contributed by atoms with Gasteiger partial charge in [0, 0.05) is 24.5 Å². The predicted molar refractivity (Wildman–Crippen MR) is 84.6 cm³/mol. The van der Waals surface area contributed by atoms with Crippen LogP contribution in [-0.4, -0.2) is 34.8 Å². The molecule has 1 aliphatic heterocycles. The maximum absolute atomic E-state index is 6.00. The Morgan fingerprint density at radius 2 is 2.14 bits per heavy atom. The summed E-state index contributed by atoms with van der Waals surface area (Å²) in [5.74, 6) is 2.31. The maximum atomic E-state index is 6.00. The molecule has 0 aliphatic carbocycles. The average Bonchev–Trinajstić information content (AvgIpc) is 2.96. The van der Waals surface area contributed by atoms with E-state index in [0.29, 0.717) is 12.3 Å². The van der Waals surface area contributed by atoms with Crippen LogP contribution in [0.1, 0.15) is 24.2 Å². The number of nitrogens with two attached hydrogens (primary N) is 1. The van der Waals surface area contributed by atoms with Crippen LogP contribution in [-0.2, 0) is 6.42 Å². The van der Waals surface area contributed by atoms with Crippen molar-refractivity contribution in [3.05, 3.63) is 40.7 Å². The Morgan fingerprint density at radius 3 is 2.86 bits per heavy atom. The number of halogens is 1. The molecule has 1 aromatic heterocycles. The van der Waals surface area contributed by atoms with Gasteiger partial charge in [-0.05, 0) is 43.0 Å². The van der Waals surface area contributed by atoms with Crippen LogP contribution in [0.15, 0.2) is 24.3 Å². The lowest BCUT2D eigenvalue weighted by atomic mass is 9.97. The van der Waals surface area contributed by atoms with Crippen LogP contribution in [0.25, 0.3) is 0 Å². The van der Waals surface area contributed by atoms with Crippen molar-refractivity contribution in [1.29, 1.82) is 0 Å². The molecule has 0 saturated carbocycles. The molecule has 0 bridgehead atoms. The Labute approximate surface area is 129 Å². The number of hydrogen-bond acceptors (Lipinski definition) is 4. The van der Waals surface area contributed by atoms with Crippen LogP contribution in [0, 0.1) is 5.92 Å². The van der Waals surface area contributed by atoms with Gasteiger partial charge >= 0.3 is 0 Å². The van der Waals surface area contributed by atoms with Gasteiger partial charge in [-0.3, -0.25) is 5.10 Å². The number of piperidine rings is 1. The summed E-state index contributed by atoms with van der Waals surface area (Å²) >= 11 is 6.00. The molecule has 3 N–H and O–H groups in total. The smallest absolute Gasteiger partial charge is 0.244 e. The number of aromatic nitrogens is 3. The molecule has 6 heteroatoms. The molecule has 1 saturated heterocycles. The molecule has 2 heterocycles. The highest BCUT2D eigenvalue weighted by Crippen LogP contribution is 2.20. The Bertz CT molecular complexity index is 589. The second-order valence-corrected chi connectivity index (χ2v) is 5.99. The minimum absolute atomic E-state index is 0.645. The second kappa shape index (κ2) is 6.45. The zero-order chi connectivity index (χ0) is 14.7. The molecular weight excluding hydrogens is 286 g/mol. The van der Waals surface area contributed by atoms with E-state index < -0.39 is 0 Å². The molecule has 112 valence electrons. The van der Waals surface area contributed by atoms with Crippen molar-refractivity contribution < 1.29 is 0 Å². The van der Waals surface area contributed by atoms with Gasteiger partial charge in [-0.1, -0.05) is 23.7 Å². The fourth-order valence-electron chi connectivity index (χ4n) is 2.71. The summed E-state index contributed by atoms with van der Waals surface area (Å²) in [7, 11) is 0. The van der Waals surface area contributed by atoms with Crippen LogP contribution in [0.5, 0.6) is 0 Å². The average molecular weight is 306 g/mol. The maximum Gasteiger partial charge on any atom is 0.244 e. The third kappa shape index (κ3) is 3.54. The van der Waals surface area contributed by atoms with Gasteiger partial charge in [0.1, 0.15) is 5.82 Å². The van der Waals surface area contributed by atoms with Crippen molar-refractivity contribution in [3.8, 4) is 0 Å². The molecule has 1 aromatic carbocycles. The summed E-state index contributed by atoms with van der Waals surface area (Å²) in [5.41, 5.74) is 6.85. The molecule has 3 rings (SSSR count). The number of hydrogen-bond donors (Lipinski definition) is 2. The highest BCUT2D eigenvalue weighted by molar-refractivity contribution is 6.30. The number of H-pyrrole nitrogens is 1. The van der Waals surface area contributed by atoms with Crippen LogP contribution in [0.4, 0.5) is 5.95 Å². The molecule has 0 atom stereocenters. The van der Waals surface area contributed by atoms with Gasteiger partial charge in [-0.15, -0.1) is 5.10 Å². The molecule has 21 heavy (non-hydrogen) atoms. The molecule has 0 radical (unpaired) electrons. The standard InChI is InChI=1S/C15H20ClN5/c16-13-3-1-2-12(8-13)9-14-18-15(20-19-14)21-6-4-11(10-17)5-7-21/h1-3,8,11H,4-7,9-10,17H2,(H,18,19,20). The number of anilines is 1. The molecule has 0 amide bonds. The number of nitrogens with one attached hydrogen (secondary N) is 1.